The van der Waals surface area contributed by atoms with Crippen LogP contribution in [0.2, 0.25) is 0 Å². The monoisotopic (exact) mass is 317 g/mol. The zero-order valence-corrected chi connectivity index (χ0v) is 13.3. The molecule has 1 N–H and O–H groups in total. The molecule has 0 amide bonds. The van der Waals surface area contributed by atoms with Gasteiger partial charge in [0.2, 0.25) is 0 Å². The summed E-state index contributed by atoms with van der Waals surface area (Å²) in [5, 5.41) is 3.42. The molecule has 0 aliphatic carbocycles. The summed E-state index contributed by atoms with van der Waals surface area (Å²) < 4.78 is 1.14. The lowest BCUT2D eigenvalue weighted by atomic mass is 9.96. The van der Waals surface area contributed by atoms with Gasteiger partial charge in [-0.15, -0.1) is 0 Å². The summed E-state index contributed by atoms with van der Waals surface area (Å²) in [6.07, 6.45) is 0.998. The first-order valence-corrected chi connectivity index (χ1v) is 7.38. The second-order valence-corrected chi connectivity index (χ2v) is 5.93. The quantitative estimate of drug-likeness (QED) is 0.871. The summed E-state index contributed by atoms with van der Waals surface area (Å²) in [4.78, 5) is 0. The number of nitrogens with one attached hydrogen (secondary N) is 1. The van der Waals surface area contributed by atoms with Gasteiger partial charge in [-0.1, -0.05) is 46.3 Å². The van der Waals surface area contributed by atoms with E-state index in [9.17, 15) is 0 Å². The fourth-order valence-corrected chi connectivity index (χ4v) is 2.71. The maximum absolute atomic E-state index is 3.53. The Morgan fingerprint density at radius 1 is 1.05 bits per heavy atom. The lowest BCUT2D eigenvalue weighted by Gasteiger charge is -2.18. The van der Waals surface area contributed by atoms with Gasteiger partial charge in [0.05, 0.1) is 0 Å². The second-order valence-electron chi connectivity index (χ2n) is 5.02. The van der Waals surface area contributed by atoms with Gasteiger partial charge in [-0.2, -0.15) is 0 Å². The molecule has 0 aromatic heterocycles. The van der Waals surface area contributed by atoms with Gasteiger partial charge in [0.15, 0.2) is 0 Å². The molecule has 1 nitrogen and oxygen atoms in total. The highest BCUT2D eigenvalue weighted by atomic mass is 79.9. The lowest BCUT2D eigenvalue weighted by molar-refractivity contribution is 0.591. The molecule has 2 heteroatoms. The Hall–Kier alpha value is -1.12. The van der Waals surface area contributed by atoms with E-state index in [-0.39, 0.29) is 0 Å². The molecule has 2 rings (SSSR count). The molecular weight excluding hydrogens is 298 g/mol. The predicted octanol–water partition coefficient (Wildman–Crippen LogP) is 4.57. The molecule has 1 unspecified atom stereocenters. The maximum atomic E-state index is 3.53. The van der Waals surface area contributed by atoms with E-state index in [0.717, 1.165) is 10.9 Å². The summed E-state index contributed by atoms with van der Waals surface area (Å²) in [6, 6.07) is 15.6. The molecule has 0 aliphatic heterocycles. The van der Waals surface area contributed by atoms with Crippen LogP contribution in [0.3, 0.4) is 0 Å². The molecule has 0 radical (unpaired) electrons. The third-order valence-electron chi connectivity index (χ3n) is 3.61. The molecule has 2 aromatic rings. The Morgan fingerprint density at radius 3 is 2.47 bits per heavy atom. The molecule has 19 heavy (non-hydrogen) atoms. The Bertz CT molecular complexity index is 563. The van der Waals surface area contributed by atoms with E-state index in [0.29, 0.717) is 6.04 Å². The normalized spacial score (nSPS) is 12.4. The van der Waals surface area contributed by atoms with Crippen molar-refractivity contribution in [3.8, 4) is 0 Å². The first-order chi connectivity index (χ1) is 9.10. The van der Waals surface area contributed by atoms with Crippen LogP contribution >= 0.6 is 15.9 Å². The molecule has 0 saturated carbocycles. The highest BCUT2D eigenvalue weighted by Gasteiger charge is 2.11. The summed E-state index contributed by atoms with van der Waals surface area (Å²) in [5.41, 5.74) is 5.39. The first kappa shape index (κ1) is 14.3. The third-order valence-corrected chi connectivity index (χ3v) is 4.10. The zero-order chi connectivity index (χ0) is 13.8. The van der Waals surface area contributed by atoms with Gasteiger partial charge in [0.25, 0.3) is 0 Å². The van der Waals surface area contributed by atoms with E-state index >= 15 is 0 Å². The van der Waals surface area contributed by atoms with E-state index in [1.165, 1.54) is 22.3 Å². The van der Waals surface area contributed by atoms with Crippen molar-refractivity contribution in [2.24, 2.45) is 0 Å². The molecule has 0 fully saturated rings. The minimum absolute atomic E-state index is 0.355. The van der Waals surface area contributed by atoms with Crippen molar-refractivity contribution in [2.45, 2.75) is 26.3 Å². The van der Waals surface area contributed by atoms with Gasteiger partial charge in [-0.25, -0.2) is 0 Å². The highest BCUT2D eigenvalue weighted by Crippen LogP contribution is 2.22. The average Bonchev–Trinajstić information content (AvgIpc) is 2.39. The molecule has 0 saturated heterocycles. The van der Waals surface area contributed by atoms with Gasteiger partial charge in [-0.3, -0.25) is 0 Å². The van der Waals surface area contributed by atoms with Crippen molar-refractivity contribution in [3.63, 3.8) is 0 Å². The predicted molar refractivity (Wildman–Crippen MR) is 85.6 cm³/mol. The van der Waals surface area contributed by atoms with Crippen LogP contribution in [-0.4, -0.2) is 7.05 Å². The zero-order valence-electron chi connectivity index (χ0n) is 11.7. The maximum Gasteiger partial charge on any atom is 0.0358 e. The van der Waals surface area contributed by atoms with Crippen LogP contribution in [0, 0.1) is 13.8 Å². The van der Waals surface area contributed by atoms with Crippen molar-refractivity contribution in [3.05, 3.63) is 69.2 Å². The van der Waals surface area contributed by atoms with Crippen LogP contribution < -0.4 is 5.32 Å². The average molecular weight is 318 g/mol. The van der Waals surface area contributed by atoms with Crippen LogP contribution in [-0.2, 0) is 6.42 Å². The molecule has 2 aromatic carbocycles. The minimum Gasteiger partial charge on any atom is -0.313 e. The molecule has 0 spiro atoms. The van der Waals surface area contributed by atoms with Crippen LogP contribution in [0.1, 0.15) is 28.3 Å². The molecule has 0 bridgehead atoms. The Morgan fingerprint density at radius 2 is 1.84 bits per heavy atom. The number of likely N-dealkylation sites (N-methyl/N-ethyl adjacent to an activating group) is 1. The topological polar surface area (TPSA) is 12.0 Å². The number of hydrogen-bond donors (Lipinski definition) is 1. The summed E-state index contributed by atoms with van der Waals surface area (Å²) in [6.45, 7) is 4.33. The van der Waals surface area contributed by atoms with Gasteiger partial charge < -0.3 is 5.32 Å². The van der Waals surface area contributed by atoms with Gasteiger partial charge in [0.1, 0.15) is 0 Å². The van der Waals surface area contributed by atoms with Gasteiger partial charge in [-0.05, 0) is 61.7 Å². The second kappa shape index (κ2) is 6.36. The molecule has 0 aliphatic rings. The summed E-state index contributed by atoms with van der Waals surface area (Å²) >= 11 is 3.53. The Labute approximate surface area is 124 Å². The van der Waals surface area contributed by atoms with Gasteiger partial charge >= 0.3 is 0 Å². The summed E-state index contributed by atoms with van der Waals surface area (Å²) in [7, 11) is 2.03. The SMILES string of the molecule is CNC(Cc1cccc(Br)c1)c1ccc(C)c(C)c1. The van der Waals surface area contributed by atoms with Crippen LogP contribution in [0.5, 0.6) is 0 Å². The Balaban J connectivity index is 2.22. The number of benzene rings is 2. The minimum atomic E-state index is 0.355. The van der Waals surface area contributed by atoms with E-state index in [1.807, 2.05) is 7.05 Å². The molecular formula is C17H20BrN. The first-order valence-electron chi connectivity index (χ1n) is 6.59. The third kappa shape index (κ3) is 3.68. The largest absolute Gasteiger partial charge is 0.313 e. The number of aryl methyl sites for hydroxylation is 2. The fourth-order valence-electron chi connectivity index (χ4n) is 2.27. The van der Waals surface area contributed by atoms with E-state index in [2.05, 4.69) is 77.6 Å². The molecule has 100 valence electrons. The van der Waals surface area contributed by atoms with Crippen molar-refractivity contribution in [1.29, 1.82) is 0 Å². The van der Waals surface area contributed by atoms with E-state index < -0.39 is 0 Å². The highest BCUT2D eigenvalue weighted by molar-refractivity contribution is 9.10. The summed E-state index contributed by atoms with van der Waals surface area (Å²) in [5.74, 6) is 0. The van der Waals surface area contributed by atoms with Crippen LogP contribution in [0.4, 0.5) is 0 Å². The number of rotatable bonds is 4. The van der Waals surface area contributed by atoms with Crippen molar-refractivity contribution >= 4 is 15.9 Å². The molecule has 0 heterocycles. The number of halogens is 1. The van der Waals surface area contributed by atoms with E-state index in [1.54, 1.807) is 0 Å². The van der Waals surface area contributed by atoms with Crippen LogP contribution in [0.25, 0.3) is 0 Å². The van der Waals surface area contributed by atoms with Crippen molar-refractivity contribution in [1.82, 2.24) is 5.32 Å². The van der Waals surface area contributed by atoms with Crippen molar-refractivity contribution in [2.75, 3.05) is 7.05 Å². The Kier molecular flexibility index (Phi) is 4.78. The molecule has 1 atom stereocenters. The lowest BCUT2D eigenvalue weighted by Crippen LogP contribution is -2.19. The van der Waals surface area contributed by atoms with E-state index in [4.69, 9.17) is 0 Å². The fraction of sp³-hybridized carbons (Fsp3) is 0.294. The smallest absolute Gasteiger partial charge is 0.0358 e. The van der Waals surface area contributed by atoms with Crippen LogP contribution in [0.15, 0.2) is 46.9 Å². The van der Waals surface area contributed by atoms with Gasteiger partial charge in [0, 0.05) is 10.5 Å². The van der Waals surface area contributed by atoms with Crippen molar-refractivity contribution < 1.29 is 0 Å². The standard InChI is InChI=1S/C17H20BrN/c1-12-7-8-15(9-13(12)2)17(19-3)11-14-5-4-6-16(18)10-14/h4-10,17,19H,11H2,1-3H3. The number of hydrogen-bond acceptors (Lipinski definition) is 1.